The monoisotopic (exact) mass is 561 g/mol. The van der Waals surface area contributed by atoms with E-state index in [1.165, 1.54) is 0 Å². The lowest BCUT2D eigenvalue weighted by atomic mass is 10.1. The number of aliphatic carboxylic acids is 2. The van der Waals surface area contributed by atoms with Gasteiger partial charge in [-0.1, -0.05) is 41.4 Å². The van der Waals surface area contributed by atoms with Crippen LogP contribution in [-0.4, -0.2) is 65.5 Å². The summed E-state index contributed by atoms with van der Waals surface area (Å²) in [7, 11) is 1.72. The summed E-state index contributed by atoms with van der Waals surface area (Å²) in [5.41, 5.74) is 1.61. The maximum absolute atomic E-state index is 12.1. The molecule has 2 amide bonds. The number of carbonyl (C=O) groups is 4. The number of nitrogens with zero attached hydrogens (tertiary/aromatic N) is 1. The molecule has 0 heterocycles. The fourth-order valence-electron chi connectivity index (χ4n) is 2.42. The van der Waals surface area contributed by atoms with E-state index in [0.717, 1.165) is 10.0 Å². The molecule has 0 unspecified atom stereocenters. The highest BCUT2D eigenvalue weighted by atomic mass is 79.9. The SMILES string of the molecule is CN(CC(=O)NCCc1ccc(Cl)cc1Cl)CC(=O)Nc1ccccc1Br.O=C(O)C(=O)O. The number of benzene rings is 2. The van der Waals surface area contributed by atoms with Gasteiger partial charge >= 0.3 is 11.9 Å². The molecule has 33 heavy (non-hydrogen) atoms. The van der Waals surface area contributed by atoms with Crippen LogP contribution in [0.25, 0.3) is 0 Å². The van der Waals surface area contributed by atoms with Gasteiger partial charge in [-0.25, -0.2) is 9.59 Å². The van der Waals surface area contributed by atoms with Crippen LogP contribution in [0.2, 0.25) is 10.0 Å². The molecule has 0 fully saturated rings. The minimum Gasteiger partial charge on any atom is -0.473 e. The molecule has 0 aliphatic carbocycles. The van der Waals surface area contributed by atoms with Crippen molar-refractivity contribution in [2.45, 2.75) is 6.42 Å². The predicted molar refractivity (Wildman–Crippen MR) is 129 cm³/mol. The van der Waals surface area contributed by atoms with E-state index in [-0.39, 0.29) is 24.9 Å². The minimum absolute atomic E-state index is 0.109. The number of anilines is 1. The van der Waals surface area contributed by atoms with E-state index < -0.39 is 11.9 Å². The zero-order chi connectivity index (χ0) is 25.0. The second-order valence-corrected chi connectivity index (χ2v) is 8.34. The normalized spacial score (nSPS) is 10.1. The van der Waals surface area contributed by atoms with Crippen LogP contribution in [0.4, 0.5) is 5.69 Å². The summed E-state index contributed by atoms with van der Waals surface area (Å²) in [6.45, 7) is 0.687. The quantitative estimate of drug-likeness (QED) is 0.363. The number of carbonyl (C=O) groups excluding carboxylic acids is 2. The largest absolute Gasteiger partial charge is 0.473 e. The fraction of sp³-hybridized carbons (Fsp3) is 0.238. The molecule has 0 atom stereocenters. The molecule has 2 aromatic carbocycles. The molecular weight excluding hydrogens is 541 g/mol. The molecule has 12 heteroatoms. The Labute approximate surface area is 208 Å². The van der Waals surface area contributed by atoms with E-state index >= 15 is 0 Å². The van der Waals surface area contributed by atoms with Crippen LogP contribution >= 0.6 is 39.1 Å². The Bertz CT molecular complexity index is 994. The number of rotatable bonds is 8. The first-order valence-corrected chi connectivity index (χ1v) is 10.9. The Kier molecular flexibility index (Phi) is 12.5. The molecule has 0 saturated heterocycles. The van der Waals surface area contributed by atoms with Crippen LogP contribution in [0.5, 0.6) is 0 Å². The first-order chi connectivity index (χ1) is 15.5. The average molecular weight is 563 g/mol. The number of carboxylic acids is 2. The topological polar surface area (TPSA) is 136 Å². The standard InChI is InChI=1S/C19H20BrCl2N3O2.C2H2O4/c1-25(12-19(27)24-17-5-3-2-4-15(17)20)11-18(26)23-9-8-13-6-7-14(21)10-16(13)22;3-1(4)2(5)6/h2-7,10H,8-9,11-12H2,1H3,(H,23,26)(H,24,27);(H,3,4)(H,5,6). The van der Waals surface area contributed by atoms with Crippen molar-refractivity contribution in [3.05, 3.63) is 62.5 Å². The van der Waals surface area contributed by atoms with Crippen molar-refractivity contribution in [2.75, 3.05) is 32.0 Å². The number of para-hydroxylation sites is 1. The fourth-order valence-corrected chi connectivity index (χ4v) is 3.30. The van der Waals surface area contributed by atoms with Crippen molar-refractivity contribution >= 4 is 68.6 Å². The lowest BCUT2D eigenvalue weighted by molar-refractivity contribution is -0.159. The van der Waals surface area contributed by atoms with Crippen LogP contribution in [0, 0.1) is 0 Å². The van der Waals surface area contributed by atoms with Crippen LogP contribution in [0.15, 0.2) is 46.9 Å². The number of carboxylic acid groups (broad SMARTS) is 2. The smallest absolute Gasteiger partial charge is 0.414 e. The zero-order valence-electron chi connectivity index (χ0n) is 17.5. The Hall–Kier alpha value is -2.66. The second kappa shape index (κ2) is 14.5. The lowest BCUT2D eigenvalue weighted by Crippen LogP contribution is -2.39. The van der Waals surface area contributed by atoms with Gasteiger partial charge in [-0.05, 0) is 59.2 Å². The number of likely N-dealkylation sites (N-methyl/N-ethyl adjacent to an activating group) is 1. The van der Waals surface area contributed by atoms with Crippen LogP contribution in [0.3, 0.4) is 0 Å². The van der Waals surface area contributed by atoms with Gasteiger partial charge in [0, 0.05) is 21.1 Å². The first kappa shape index (κ1) is 28.4. The van der Waals surface area contributed by atoms with Gasteiger partial charge in [0.1, 0.15) is 0 Å². The summed E-state index contributed by atoms with van der Waals surface area (Å²) in [5.74, 6) is -3.99. The van der Waals surface area contributed by atoms with Crippen molar-refractivity contribution in [3.63, 3.8) is 0 Å². The molecule has 2 rings (SSSR count). The summed E-state index contributed by atoms with van der Waals surface area (Å²) < 4.78 is 0.805. The van der Waals surface area contributed by atoms with Crippen molar-refractivity contribution < 1.29 is 29.4 Å². The highest BCUT2D eigenvalue weighted by Crippen LogP contribution is 2.21. The van der Waals surface area contributed by atoms with Gasteiger partial charge in [-0.15, -0.1) is 0 Å². The third-order valence-electron chi connectivity index (χ3n) is 3.89. The minimum atomic E-state index is -1.82. The summed E-state index contributed by atoms with van der Waals surface area (Å²) in [5, 5.41) is 21.6. The number of hydrogen-bond acceptors (Lipinski definition) is 5. The van der Waals surface area contributed by atoms with E-state index in [0.29, 0.717) is 28.7 Å². The Morgan fingerprint density at radius 2 is 1.58 bits per heavy atom. The molecule has 0 aromatic heterocycles. The van der Waals surface area contributed by atoms with Crippen molar-refractivity contribution in [3.8, 4) is 0 Å². The van der Waals surface area contributed by atoms with Crippen molar-refractivity contribution in [1.82, 2.24) is 10.2 Å². The molecule has 0 aliphatic rings. The molecule has 0 radical (unpaired) electrons. The maximum Gasteiger partial charge on any atom is 0.414 e. The summed E-state index contributed by atoms with van der Waals surface area (Å²) in [6.07, 6.45) is 0.605. The third-order valence-corrected chi connectivity index (χ3v) is 5.17. The van der Waals surface area contributed by atoms with Crippen LogP contribution in [-0.2, 0) is 25.6 Å². The number of hydrogen-bond donors (Lipinski definition) is 4. The van der Waals surface area contributed by atoms with Gasteiger partial charge in [0.15, 0.2) is 0 Å². The summed E-state index contributed by atoms with van der Waals surface area (Å²) in [4.78, 5) is 44.0. The van der Waals surface area contributed by atoms with E-state index in [9.17, 15) is 9.59 Å². The second-order valence-electron chi connectivity index (χ2n) is 6.65. The van der Waals surface area contributed by atoms with Crippen molar-refractivity contribution in [1.29, 1.82) is 0 Å². The highest BCUT2D eigenvalue weighted by Gasteiger charge is 2.12. The number of amides is 2. The van der Waals surface area contributed by atoms with E-state index in [1.54, 1.807) is 30.1 Å². The average Bonchev–Trinajstić information content (AvgIpc) is 2.71. The van der Waals surface area contributed by atoms with Gasteiger partial charge in [0.2, 0.25) is 11.8 Å². The molecule has 0 saturated carbocycles. The summed E-state index contributed by atoms with van der Waals surface area (Å²) in [6, 6.07) is 12.6. The molecular formula is C21H22BrCl2N3O6. The lowest BCUT2D eigenvalue weighted by Gasteiger charge is -2.16. The molecule has 178 valence electrons. The van der Waals surface area contributed by atoms with E-state index in [1.807, 2.05) is 24.3 Å². The first-order valence-electron chi connectivity index (χ1n) is 9.39. The third kappa shape index (κ3) is 11.7. The van der Waals surface area contributed by atoms with Crippen LogP contribution < -0.4 is 10.6 Å². The van der Waals surface area contributed by atoms with Gasteiger partial charge in [0.25, 0.3) is 0 Å². The highest BCUT2D eigenvalue weighted by molar-refractivity contribution is 9.10. The molecule has 2 aromatic rings. The Morgan fingerprint density at radius 1 is 0.970 bits per heavy atom. The molecule has 0 bridgehead atoms. The van der Waals surface area contributed by atoms with Crippen LogP contribution in [0.1, 0.15) is 5.56 Å². The van der Waals surface area contributed by atoms with Gasteiger partial charge in [0.05, 0.1) is 18.8 Å². The molecule has 0 spiro atoms. The van der Waals surface area contributed by atoms with E-state index in [2.05, 4.69) is 26.6 Å². The zero-order valence-corrected chi connectivity index (χ0v) is 20.6. The molecule has 0 aliphatic heterocycles. The summed E-state index contributed by atoms with van der Waals surface area (Å²) >= 11 is 15.4. The molecule has 4 N–H and O–H groups in total. The van der Waals surface area contributed by atoms with Crippen molar-refractivity contribution in [2.24, 2.45) is 0 Å². The number of nitrogens with one attached hydrogen (secondary N) is 2. The molecule has 9 nitrogen and oxygen atoms in total. The Balaban J connectivity index is 0.000000801. The Morgan fingerprint density at radius 3 is 2.15 bits per heavy atom. The van der Waals surface area contributed by atoms with E-state index in [4.69, 9.17) is 43.0 Å². The maximum atomic E-state index is 12.1. The number of halogens is 3. The van der Waals surface area contributed by atoms with Gasteiger partial charge in [-0.2, -0.15) is 0 Å². The van der Waals surface area contributed by atoms with Gasteiger partial charge < -0.3 is 20.8 Å². The predicted octanol–water partition coefficient (Wildman–Crippen LogP) is 3.14. The van der Waals surface area contributed by atoms with Gasteiger partial charge in [-0.3, -0.25) is 14.5 Å².